The van der Waals surface area contributed by atoms with Crippen molar-refractivity contribution in [2.45, 2.75) is 26.2 Å². The van der Waals surface area contributed by atoms with Crippen LogP contribution >= 0.6 is 11.6 Å². The van der Waals surface area contributed by atoms with Crippen LogP contribution in [-0.4, -0.2) is 49.3 Å². The number of carbonyl (C=O) groups is 1. The molecule has 0 saturated carbocycles. The first-order valence-corrected chi connectivity index (χ1v) is 9.75. The van der Waals surface area contributed by atoms with Crippen molar-refractivity contribution in [1.82, 2.24) is 10.1 Å². The molecule has 1 fully saturated rings. The van der Waals surface area contributed by atoms with E-state index in [-0.39, 0.29) is 5.91 Å². The molecule has 7 heteroatoms. The zero-order valence-electron chi connectivity index (χ0n) is 15.8. The Hall–Kier alpha value is -2.05. The fourth-order valence-electron chi connectivity index (χ4n) is 3.30. The van der Waals surface area contributed by atoms with E-state index < -0.39 is 0 Å². The monoisotopic (exact) mass is 391 g/mol. The summed E-state index contributed by atoms with van der Waals surface area (Å²) in [5, 5.41) is 7.91. The lowest BCUT2D eigenvalue weighted by Crippen LogP contribution is -2.32. The van der Waals surface area contributed by atoms with E-state index in [4.69, 9.17) is 20.9 Å². The van der Waals surface area contributed by atoms with Crippen LogP contribution in [-0.2, 0) is 4.74 Å². The molecular formula is C20H26ClN3O3. The SMILES string of the molecule is COCCNc1noc(-c2ccc(Cl)cc2)c1C(=O)N1CCCC(C)CC1. The van der Waals surface area contributed by atoms with E-state index in [1.54, 1.807) is 19.2 Å². The van der Waals surface area contributed by atoms with Crippen molar-refractivity contribution in [2.24, 2.45) is 5.92 Å². The van der Waals surface area contributed by atoms with Gasteiger partial charge < -0.3 is 19.5 Å². The second-order valence-electron chi connectivity index (χ2n) is 6.99. The average molecular weight is 392 g/mol. The highest BCUT2D eigenvalue weighted by atomic mass is 35.5. The normalized spacial score (nSPS) is 17.6. The number of aromatic nitrogens is 1. The number of amides is 1. The zero-order chi connectivity index (χ0) is 19.2. The molecular weight excluding hydrogens is 366 g/mol. The van der Waals surface area contributed by atoms with Crippen LogP contribution in [0.4, 0.5) is 5.82 Å². The molecule has 6 nitrogen and oxygen atoms in total. The fourth-order valence-corrected chi connectivity index (χ4v) is 3.43. The number of anilines is 1. The number of ether oxygens (including phenoxy) is 1. The van der Waals surface area contributed by atoms with E-state index in [1.807, 2.05) is 17.0 Å². The van der Waals surface area contributed by atoms with Gasteiger partial charge in [0.1, 0.15) is 5.56 Å². The minimum atomic E-state index is -0.0461. The summed E-state index contributed by atoms with van der Waals surface area (Å²) < 4.78 is 10.7. The molecule has 1 amide bonds. The Morgan fingerprint density at radius 1 is 1.33 bits per heavy atom. The lowest BCUT2D eigenvalue weighted by Gasteiger charge is -2.20. The molecule has 1 aromatic carbocycles. The Morgan fingerprint density at radius 3 is 2.85 bits per heavy atom. The largest absolute Gasteiger partial charge is 0.383 e. The molecule has 1 aromatic heterocycles. The topological polar surface area (TPSA) is 67.6 Å². The molecule has 1 aliphatic heterocycles. The van der Waals surface area contributed by atoms with Gasteiger partial charge in [-0.1, -0.05) is 23.7 Å². The molecule has 1 unspecified atom stereocenters. The van der Waals surface area contributed by atoms with Gasteiger partial charge in [0.05, 0.1) is 6.61 Å². The highest BCUT2D eigenvalue weighted by Gasteiger charge is 2.29. The predicted molar refractivity (Wildman–Crippen MR) is 106 cm³/mol. The van der Waals surface area contributed by atoms with Gasteiger partial charge in [0.25, 0.3) is 5.91 Å². The maximum absolute atomic E-state index is 13.4. The maximum atomic E-state index is 13.4. The summed E-state index contributed by atoms with van der Waals surface area (Å²) in [5.74, 6) is 1.52. The van der Waals surface area contributed by atoms with E-state index in [0.717, 1.165) is 37.9 Å². The third-order valence-electron chi connectivity index (χ3n) is 4.91. The molecule has 1 saturated heterocycles. The summed E-state index contributed by atoms with van der Waals surface area (Å²) in [7, 11) is 1.63. The van der Waals surface area contributed by atoms with Gasteiger partial charge in [-0.3, -0.25) is 4.79 Å². The first-order chi connectivity index (χ1) is 13.1. The van der Waals surface area contributed by atoms with Gasteiger partial charge in [0.15, 0.2) is 11.6 Å². The van der Waals surface area contributed by atoms with Crippen molar-refractivity contribution in [3.05, 3.63) is 34.9 Å². The smallest absolute Gasteiger partial charge is 0.261 e. The summed E-state index contributed by atoms with van der Waals surface area (Å²) in [6, 6.07) is 7.23. The number of hydrogen-bond acceptors (Lipinski definition) is 5. The number of rotatable bonds is 6. The molecule has 2 aromatic rings. The predicted octanol–water partition coefficient (Wildman–Crippen LogP) is 4.32. The molecule has 2 heterocycles. The minimum absolute atomic E-state index is 0.0461. The highest BCUT2D eigenvalue weighted by molar-refractivity contribution is 6.30. The molecule has 1 N–H and O–H groups in total. The first kappa shape index (κ1) is 19.7. The Kier molecular flexibility index (Phi) is 6.74. The molecule has 3 rings (SSSR count). The van der Waals surface area contributed by atoms with Crippen molar-refractivity contribution in [1.29, 1.82) is 0 Å². The number of methoxy groups -OCH3 is 1. The fraction of sp³-hybridized carbons (Fsp3) is 0.500. The van der Waals surface area contributed by atoms with Crippen molar-refractivity contribution >= 4 is 23.3 Å². The van der Waals surface area contributed by atoms with Gasteiger partial charge >= 0.3 is 0 Å². The Morgan fingerprint density at radius 2 is 2.11 bits per heavy atom. The maximum Gasteiger partial charge on any atom is 0.261 e. The Bertz CT molecular complexity index is 760. The van der Waals surface area contributed by atoms with Crippen LogP contribution in [0.5, 0.6) is 0 Å². The van der Waals surface area contributed by atoms with Crippen molar-refractivity contribution in [2.75, 3.05) is 38.7 Å². The van der Waals surface area contributed by atoms with E-state index in [9.17, 15) is 4.79 Å². The van der Waals surface area contributed by atoms with Crippen molar-refractivity contribution < 1.29 is 14.1 Å². The number of benzene rings is 1. The molecule has 0 aliphatic carbocycles. The molecule has 1 aliphatic rings. The van der Waals surface area contributed by atoms with Crippen molar-refractivity contribution in [3.8, 4) is 11.3 Å². The number of carbonyl (C=O) groups excluding carboxylic acids is 1. The summed E-state index contributed by atoms with van der Waals surface area (Å²) >= 11 is 6.00. The summed E-state index contributed by atoms with van der Waals surface area (Å²) in [5.41, 5.74) is 1.25. The summed E-state index contributed by atoms with van der Waals surface area (Å²) in [4.78, 5) is 15.3. The average Bonchev–Trinajstić information content (AvgIpc) is 2.96. The number of nitrogens with one attached hydrogen (secondary N) is 1. The molecule has 0 radical (unpaired) electrons. The second-order valence-corrected chi connectivity index (χ2v) is 7.43. The summed E-state index contributed by atoms with van der Waals surface area (Å²) in [6.45, 7) is 4.80. The van der Waals surface area contributed by atoms with Crippen molar-refractivity contribution in [3.63, 3.8) is 0 Å². The lowest BCUT2D eigenvalue weighted by molar-refractivity contribution is 0.0761. The van der Waals surface area contributed by atoms with Gasteiger partial charge in [0, 0.05) is 37.3 Å². The quantitative estimate of drug-likeness (QED) is 0.743. The molecule has 27 heavy (non-hydrogen) atoms. The third-order valence-corrected chi connectivity index (χ3v) is 5.17. The third kappa shape index (κ3) is 4.82. The first-order valence-electron chi connectivity index (χ1n) is 9.38. The van der Waals surface area contributed by atoms with Gasteiger partial charge in [-0.15, -0.1) is 0 Å². The van der Waals surface area contributed by atoms with Gasteiger partial charge in [0.2, 0.25) is 0 Å². The van der Waals surface area contributed by atoms with Crippen LogP contribution in [0, 0.1) is 5.92 Å². The van der Waals surface area contributed by atoms with Gasteiger partial charge in [-0.25, -0.2) is 0 Å². The molecule has 1 atom stereocenters. The van der Waals surface area contributed by atoms with Crippen LogP contribution < -0.4 is 5.32 Å². The van der Waals surface area contributed by atoms with Crippen LogP contribution in [0.15, 0.2) is 28.8 Å². The van der Waals surface area contributed by atoms with Crippen LogP contribution in [0.1, 0.15) is 36.5 Å². The van der Waals surface area contributed by atoms with Crippen LogP contribution in [0.2, 0.25) is 5.02 Å². The molecule has 0 spiro atoms. The molecule has 0 bridgehead atoms. The number of nitrogens with zero attached hydrogens (tertiary/aromatic N) is 2. The van der Waals surface area contributed by atoms with Gasteiger partial charge in [-0.2, -0.15) is 0 Å². The number of hydrogen-bond donors (Lipinski definition) is 1. The standard InChI is InChI=1S/C20H26ClN3O3/c1-14-4-3-11-24(12-9-14)20(25)17-18(15-5-7-16(21)8-6-15)27-23-19(17)22-10-13-26-2/h5-8,14H,3-4,9-13H2,1-2H3,(H,22,23). The number of halogens is 1. The second kappa shape index (κ2) is 9.24. The lowest BCUT2D eigenvalue weighted by atomic mass is 10.0. The van der Waals surface area contributed by atoms with E-state index >= 15 is 0 Å². The van der Waals surface area contributed by atoms with E-state index in [0.29, 0.717) is 41.2 Å². The van der Waals surface area contributed by atoms with E-state index in [1.165, 1.54) is 0 Å². The highest BCUT2D eigenvalue weighted by Crippen LogP contribution is 2.32. The summed E-state index contributed by atoms with van der Waals surface area (Å²) in [6.07, 6.45) is 3.18. The van der Waals surface area contributed by atoms with Crippen LogP contribution in [0.3, 0.4) is 0 Å². The Labute approximate surface area is 164 Å². The van der Waals surface area contributed by atoms with Gasteiger partial charge in [-0.05, 0) is 49.4 Å². The minimum Gasteiger partial charge on any atom is -0.383 e. The Balaban J connectivity index is 1.92. The molecule has 146 valence electrons. The number of likely N-dealkylation sites (tertiary alicyclic amines) is 1. The van der Waals surface area contributed by atoms with E-state index in [2.05, 4.69) is 17.4 Å². The zero-order valence-corrected chi connectivity index (χ0v) is 16.6. The van der Waals surface area contributed by atoms with Crippen LogP contribution in [0.25, 0.3) is 11.3 Å².